The number of nitrogens with one attached hydrogen (secondary N) is 1. The van der Waals surface area contributed by atoms with Gasteiger partial charge in [-0.15, -0.1) is 11.3 Å². The third kappa shape index (κ3) is 3.01. The predicted molar refractivity (Wildman–Crippen MR) is 82.9 cm³/mol. The lowest BCUT2D eigenvalue weighted by Crippen LogP contribution is -2.34. The van der Waals surface area contributed by atoms with E-state index < -0.39 is 0 Å². The fourth-order valence-electron chi connectivity index (χ4n) is 1.88. The van der Waals surface area contributed by atoms with Gasteiger partial charge < -0.3 is 4.74 Å². The number of rotatable bonds is 4. The van der Waals surface area contributed by atoms with Crippen molar-refractivity contribution >= 4 is 27.5 Å². The number of hydrogen-bond donors (Lipinski definition) is 2. The molecule has 5 nitrogen and oxygen atoms in total. The first-order chi connectivity index (χ1) is 10.3. The number of thiazole rings is 1. The van der Waals surface area contributed by atoms with Gasteiger partial charge in [0.1, 0.15) is 10.8 Å². The first kappa shape index (κ1) is 13.5. The molecule has 3 rings (SSSR count). The van der Waals surface area contributed by atoms with E-state index in [0.29, 0.717) is 5.75 Å². The van der Waals surface area contributed by atoms with Gasteiger partial charge in [0.05, 0.1) is 10.2 Å². The number of nitrogens with zero attached hydrogens (tertiary/aromatic N) is 1. The molecule has 1 amide bonds. The van der Waals surface area contributed by atoms with Crippen LogP contribution in [0, 0.1) is 0 Å². The summed E-state index contributed by atoms with van der Waals surface area (Å²) < 4.78 is 6.46. The van der Waals surface area contributed by atoms with Gasteiger partial charge in [-0.25, -0.2) is 10.8 Å². The minimum Gasteiger partial charge on any atom is -0.484 e. The average Bonchev–Trinajstić information content (AvgIpc) is 2.97. The van der Waals surface area contributed by atoms with Crippen molar-refractivity contribution in [1.29, 1.82) is 0 Å². The molecule has 0 aliphatic rings. The third-order valence-corrected chi connectivity index (χ3v) is 4.01. The largest absolute Gasteiger partial charge is 0.484 e. The van der Waals surface area contributed by atoms with Gasteiger partial charge in [0.2, 0.25) is 0 Å². The Labute approximate surface area is 125 Å². The first-order valence-electron chi connectivity index (χ1n) is 6.34. The van der Waals surface area contributed by atoms with Crippen molar-refractivity contribution in [2.75, 3.05) is 6.61 Å². The van der Waals surface area contributed by atoms with E-state index in [1.165, 1.54) is 0 Å². The van der Waals surface area contributed by atoms with Crippen LogP contribution in [-0.2, 0) is 4.79 Å². The first-order valence-corrected chi connectivity index (χ1v) is 7.16. The number of carbonyl (C=O) groups excluding carboxylic acids is 1. The molecule has 0 bridgehead atoms. The minimum absolute atomic E-state index is 0.100. The zero-order valence-corrected chi connectivity index (χ0v) is 11.9. The molecule has 0 aliphatic heterocycles. The van der Waals surface area contributed by atoms with Gasteiger partial charge in [0.15, 0.2) is 6.61 Å². The predicted octanol–water partition coefficient (Wildman–Crippen LogP) is 2.33. The summed E-state index contributed by atoms with van der Waals surface area (Å²) in [6, 6.07) is 15.5. The molecular weight excluding hydrogens is 286 g/mol. The van der Waals surface area contributed by atoms with Crippen molar-refractivity contribution in [2.24, 2.45) is 5.84 Å². The highest BCUT2D eigenvalue weighted by Crippen LogP contribution is 2.30. The number of hydrogen-bond acceptors (Lipinski definition) is 5. The minimum atomic E-state index is -0.370. The van der Waals surface area contributed by atoms with Gasteiger partial charge in [0, 0.05) is 5.56 Å². The highest BCUT2D eigenvalue weighted by molar-refractivity contribution is 7.21. The van der Waals surface area contributed by atoms with E-state index in [9.17, 15) is 4.79 Å². The van der Waals surface area contributed by atoms with E-state index in [-0.39, 0.29) is 12.5 Å². The highest BCUT2D eigenvalue weighted by atomic mass is 32.1. The van der Waals surface area contributed by atoms with Crippen molar-refractivity contribution in [3.63, 3.8) is 0 Å². The summed E-state index contributed by atoms with van der Waals surface area (Å²) in [6.45, 7) is -0.100. The number of amides is 1. The van der Waals surface area contributed by atoms with Gasteiger partial charge in [0.25, 0.3) is 5.91 Å². The van der Waals surface area contributed by atoms with Crippen LogP contribution in [0.2, 0.25) is 0 Å². The van der Waals surface area contributed by atoms with Crippen molar-refractivity contribution in [3.05, 3.63) is 48.5 Å². The Bertz CT molecular complexity index is 735. The number of carbonyl (C=O) groups is 1. The summed E-state index contributed by atoms with van der Waals surface area (Å²) in [6.07, 6.45) is 0. The molecule has 1 aromatic heterocycles. The van der Waals surface area contributed by atoms with Gasteiger partial charge in [-0.1, -0.05) is 12.1 Å². The van der Waals surface area contributed by atoms with E-state index in [1.807, 2.05) is 47.9 Å². The number of nitrogens with two attached hydrogens (primary N) is 1. The summed E-state index contributed by atoms with van der Waals surface area (Å²) in [4.78, 5) is 15.6. The summed E-state index contributed by atoms with van der Waals surface area (Å²) in [7, 11) is 0. The highest BCUT2D eigenvalue weighted by Gasteiger charge is 2.06. The molecule has 0 aliphatic carbocycles. The zero-order chi connectivity index (χ0) is 14.7. The summed E-state index contributed by atoms with van der Waals surface area (Å²) in [5, 5.41) is 0.961. The lowest BCUT2D eigenvalue weighted by molar-refractivity contribution is -0.123. The van der Waals surface area contributed by atoms with Crippen molar-refractivity contribution in [2.45, 2.75) is 0 Å². The molecule has 1 heterocycles. The maximum absolute atomic E-state index is 11.0. The maximum Gasteiger partial charge on any atom is 0.271 e. The molecule has 21 heavy (non-hydrogen) atoms. The molecule has 3 N–H and O–H groups in total. The fraction of sp³-hybridized carbons (Fsp3) is 0.0667. The Hall–Kier alpha value is -2.44. The topological polar surface area (TPSA) is 77.2 Å². The van der Waals surface area contributed by atoms with Crippen LogP contribution in [0.1, 0.15) is 0 Å². The van der Waals surface area contributed by atoms with E-state index in [2.05, 4.69) is 11.1 Å². The number of ether oxygens (including phenoxy) is 1. The average molecular weight is 299 g/mol. The Morgan fingerprint density at radius 3 is 2.67 bits per heavy atom. The van der Waals surface area contributed by atoms with Crippen molar-refractivity contribution in [1.82, 2.24) is 10.4 Å². The molecule has 6 heteroatoms. The lowest BCUT2D eigenvalue weighted by atomic mass is 10.2. The smallest absolute Gasteiger partial charge is 0.271 e. The second-order valence-corrected chi connectivity index (χ2v) is 5.40. The molecule has 0 spiro atoms. The standard InChI is InChI=1S/C15H13N3O2S/c16-18-14(19)9-20-11-7-5-10(6-8-11)15-17-12-3-1-2-4-13(12)21-15/h1-8H,9,16H2,(H,18,19). The van der Waals surface area contributed by atoms with Crippen molar-refractivity contribution < 1.29 is 9.53 Å². The SMILES string of the molecule is NNC(=O)COc1ccc(-c2nc3ccccc3s2)cc1. The van der Waals surface area contributed by atoms with Crippen LogP contribution < -0.4 is 16.0 Å². The van der Waals surface area contributed by atoms with Gasteiger partial charge in [-0.2, -0.15) is 0 Å². The van der Waals surface area contributed by atoms with Crippen LogP contribution in [-0.4, -0.2) is 17.5 Å². The van der Waals surface area contributed by atoms with Gasteiger partial charge in [-0.05, 0) is 36.4 Å². The summed E-state index contributed by atoms with van der Waals surface area (Å²) >= 11 is 1.65. The molecule has 0 atom stereocenters. The molecule has 0 unspecified atom stereocenters. The number of aromatic nitrogens is 1. The number of hydrazine groups is 1. The number of benzene rings is 2. The van der Waals surface area contributed by atoms with E-state index >= 15 is 0 Å². The van der Waals surface area contributed by atoms with Gasteiger partial charge >= 0.3 is 0 Å². The molecule has 3 aromatic rings. The molecule has 0 saturated heterocycles. The Kier molecular flexibility index (Phi) is 3.81. The third-order valence-electron chi connectivity index (χ3n) is 2.93. The second kappa shape index (κ2) is 5.90. The summed E-state index contributed by atoms with van der Waals surface area (Å²) in [5.74, 6) is 5.23. The molecule has 0 saturated carbocycles. The molecule has 0 fully saturated rings. The quantitative estimate of drug-likeness (QED) is 0.440. The van der Waals surface area contributed by atoms with Crippen LogP contribution in [0.25, 0.3) is 20.8 Å². The normalized spacial score (nSPS) is 10.5. The van der Waals surface area contributed by atoms with Crippen LogP contribution in [0.4, 0.5) is 0 Å². The van der Waals surface area contributed by atoms with Crippen LogP contribution in [0.5, 0.6) is 5.75 Å². The summed E-state index contributed by atoms with van der Waals surface area (Å²) in [5.41, 5.74) is 4.03. The maximum atomic E-state index is 11.0. The molecule has 106 valence electrons. The van der Waals surface area contributed by atoms with Crippen LogP contribution >= 0.6 is 11.3 Å². The Balaban J connectivity index is 1.78. The van der Waals surface area contributed by atoms with E-state index in [4.69, 9.17) is 10.6 Å². The van der Waals surface area contributed by atoms with Crippen LogP contribution in [0.15, 0.2) is 48.5 Å². The monoisotopic (exact) mass is 299 g/mol. The Morgan fingerprint density at radius 1 is 1.19 bits per heavy atom. The van der Waals surface area contributed by atoms with Gasteiger partial charge in [-0.3, -0.25) is 10.2 Å². The zero-order valence-electron chi connectivity index (χ0n) is 11.1. The lowest BCUT2D eigenvalue weighted by Gasteiger charge is -2.05. The number of para-hydroxylation sites is 1. The molecule has 2 aromatic carbocycles. The van der Waals surface area contributed by atoms with Crippen LogP contribution in [0.3, 0.4) is 0 Å². The molecular formula is C15H13N3O2S. The molecule has 0 radical (unpaired) electrons. The van der Waals surface area contributed by atoms with E-state index in [1.54, 1.807) is 11.3 Å². The van der Waals surface area contributed by atoms with E-state index in [0.717, 1.165) is 20.8 Å². The number of fused-ring (bicyclic) bond motifs is 1. The second-order valence-electron chi connectivity index (χ2n) is 4.37. The Morgan fingerprint density at radius 2 is 1.95 bits per heavy atom. The fourth-order valence-corrected chi connectivity index (χ4v) is 2.85. The van der Waals surface area contributed by atoms with Crippen molar-refractivity contribution in [3.8, 4) is 16.3 Å².